The molecule has 150 heavy (non-hydrogen) atoms. The van der Waals surface area contributed by atoms with E-state index in [4.69, 9.17) is 79.5 Å². The molecule has 6 aliphatic rings. The fourth-order valence-electron chi connectivity index (χ4n) is 24.1. The summed E-state index contributed by atoms with van der Waals surface area (Å²) in [7, 11) is 28.9. The maximum absolute atomic E-state index is 6.04. The van der Waals surface area contributed by atoms with Gasteiger partial charge in [-0.15, -0.1) is 0 Å². The van der Waals surface area contributed by atoms with Crippen LogP contribution in [-0.4, -0.2) is 57.3 Å². The van der Waals surface area contributed by atoms with Crippen molar-refractivity contribution >= 4 is 110 Å². The van der Waals surface area contributed by atoms with Gasteiger partial charge in [0, 0.05) is 43.5 Å². The Bertz CT molecular complexity index is 6820. The second-order valence-electron chi connectivity index (χ2n) is 41.3. The molecule has 4 atom stereocenters. The molecule has 13 aromatic carbocycles. The van der Waals surface area contributed by atoms with Gasteiger partial charge in [-0.3, -0.25) is 0 Å². The van der Waals surface area contributed by atoms with Crippen LogP contribution in [-0.2, 0) is 139 Å². The summed E-state index contributed by atoms with van der Waals surface area (Å²) in [4.78, 5) is 0. The Morgan fingerprint density at radius 3 is 0.833 bits per heavy atom. The number of halogens is 6. The fraction of sp³-hybridized carbons (Fsp3) is 0.273. The first-order valence-corrected chi connectivity index (χ1v) is 77.8. The van der Waals surface area contributed by atoms with Crippen molar-refractivity contribution in [3.05, 3.63) is 463 Å². The second-order valence-corrected chi connectivity index (χ2v) is 66.6. The van der Waals surface area contributed by atoms with Crippen LogP contribution in [0.1, 0.15) is 212 Å². The Morgan fingerprint density at radius 1 is 0.307 bits per heavy atom. The summed E-state index contributed by atoms with van der Waals surface area (Å²) in [5.41, 5.74) is 51.5. The molecule has 0 saturated heterocycles. The van der Waals surface area contributed by atoms with E-state index in [0.29, 0.717) is 61.8 Å². The molecule has 18 heteroatoms. The number of rotatable bonds is 28. The van der Waals surface area contributed by atoms with Gasteiger partial charge in [0.15, 0.2) is 0 Å². The van der Waals surface area contributed by atoms with E-state index in [1.807, 2.05) is 30.3 Å². The van der Waals surface area contributed by atoms with Crippen LogP contribution in [0, 0.1) is 44.6 Å². The Hall–Kier alpha value is -7.06. The van der Waals surface area contributed by atoms with Gasteiger partial charge in [-0.2, -0.15) is 0 Å². The number of fused-ring (bicyclic) bond motifs is 6. The van der Waals surface area contributed by atoms with Crippen molar-refractivity contribution in [2.24, 2.45) is 0 Å². The molecule has 0 spiro atoms. The summed E-state index contributed by atoms with van der Waals surface area (Å²) in [6.07, 6.45) is 12.3. The monoisotopic (exact) mass is 2400 g/mol. The molecule has 0 aromatic heterocycles. The van der Waals surface area contributed by atoms with Crippen LogP contribution in [0.25, 0.3) is 101 Å². The minimum absolute atomic E-state index is 0. The van der Waals surface area contributed by atoms with E-state index in [1.54, 1.807) is 54.0 Å². The van der Waals surface area contributed by atoms with Gasteiger partial charge < -0.3 is 73.0 Å². The van der Waals surface area contributed by atoms with Gasteiger partial charge in [0.25, 0.3) is 0 Å². The summed E-state index contributed by atoms with van der Waals surface area (Å²) >= 11 is -2.48. The summed E-state index contributed by atoms with van der Waals surface area (Å²) in [5.74, 6) is 0.897. The van der Waals surface area contributed by atoms with Crippen LogP contribution in [0.5, 0.6) is 5.75 Å². The molecule has 0 radical (unpaired) electrons. The van der Waals surface area contributed by atoms with Crippen LogP contribution in [0.3, 0.4) is 0 Å². The zero-order chi connectivity index (χ0) is 103. The van der Waals surface area contributed by atoms with Crippen LogP contribution < -0.4 is 4.74 Å². The Balaban J connectivity index is 0.000000258. The molecule has 0 bridgehead atoms. The van der Waals surface area contributed by atoms with Crippen molar-refractivity contribution < 1.29 is 91.0 Å². The Kier molecular flexibility index (Phi) is 50.2. The molecule has 0 heterocycles. The van der Waals surface area contributed by atoms with Crippen molar-refractivity contribution in [1.29, 1.82) is 0 Å². The average Bonchev–Trinajstić information content (AvgIpc) is 1.58. The SMILES string of the molecule is CC[Si](CC)(C1C(C)=Cc2c(-c3ccc(COC)cc3)cccc21)C1C(C)=Cc2c(-c3ccc(COC(C)(C)C)cc3)cccc21.COCc1ccc(-c2cccc3c2CC(C)=C3[Si](C)(C)C2C(C)=Cc3c(-c4ccc(COC(C)C)cc4)cccc32)cc1.COCc1ccc(-c2cccc3c2CC(C)=C3[Si](C)(C)C2C(C)=Cc3c(-c4ccc(COc5ccccc5)cc4)cccc32)cc1.[CH3-].[CH3-].[CH3-].[CH3-].[CH3-].[CH3-].[Cl][Zr+2][Cl].[Cl][Zr+2][Cl].[Cl][Zr+2][Cl]. The molecule has 0 amide bonds. The first-order chi connectivity index (χ1) is 69.4. The van der Waals surface area contributed by atoms with Gasteiger partial charge in [-0.1, -0.05) is 393 Å². The van der Waals surface area contributed by atoms with E-state index in [0.717, 1.165) is 18.6 Å². The number of benzene rings is 13. The summed E-state index contributed by atoms with van der Waals surface area (Å²) in [6.45, 7) is 43.9. The van der Waals surface area contributed by atoms with Crippen molar-refractivity contribution in [2.45, 2.75) is 215 Å². The third kappa shape index (κ3) is 29.1. The molecular formula is C132H154Cl6O6Si3Zr3. The van der Waals surface area contributed by atoms with Gasteiger partial charge in [0.2, 0.25) is 0 Å². The summed E-state index contributed by atoms with van der Waals surface area (Å²) in [6, 6.07) is 108. The molecule has 13 aromatic rings. The van der Waals surface area contributed by atoms with Crippen molar-refractivity contribution in [3.63, 3.8) is 0 Å². The van der Waals surface area contributed by atoms with Crippen LogP contribution in [0.4, 0.5) is 0 Å². The van der Waals surface area contributed by atoms with E-state index in [1.165, 1.54) is 190 Å². The summed E-state index contributed by atoms with van der Waals surface area (Å²) < 4.78 is 33.9. The molecule has 0 aliphatic heterocycles. The molecule has 784 valence electrons. The quantitative estimate of drug-likeness (QED) is 0.0360. The van der Waals surface area contributed by atoms with Gasteiger partial charge in [0.05, 0.1) is 69.0 Å². The zero-order valence-electron chi connectivity index (χ0n) is 93.1. The molecular weight excluding hydrogens is 2250 g/mol. The van der Waals surface area contributed by atoms with Gasteiger partial charge in [-0.05, 0) is 268 Å². The van der Waals surface area contributed by atoms with Crippen LogP contribution in [0.15, 0.2) is 319 Å². The number of hydrogen-bond donors (Lipinski definition) is 0. The first kappa shape index (κ1) is 128. The van der Waals surface area contributed by atoms with Crippen LogP contribution >= 0.6 is 51.1 Å². The Morgan fingerprint density at radius 2 is 0.553 bits per heavy atom. The first-order valence-electron chi connectivity index (χ1n) is 50.1. The molecule has 0 fully saturated rings. The van der Waals surface area contributed by atoms with E-state index in [9.17, 15) is 0 Å². The van der Waals surface area contributed by atoms with Gasteiger partial charge in [0.1, 0.15) is 12.4 Å². The zero-order valence-corrected chi connectivity index (χ0v) is 108. The van der Waals surface area contributed by atoms with Crippen molar-refractivity contribution in [3.8, 4) is 72.5 Å². The van der Waals surface area contributed by atoms with Crippen molar-refractivity contribution in [1.82, 2.24) is 0 Å². The predicted molar refractivity (Wildman–Crippen MR) is 652 cm³/mol. The number of ether oxygens (including phenoxy) is 6. The second kappa shape index (κ2) is 58.8. The molecule has 0 saturated carbocycles. The van der Waals surface area contributed by atoms with Crippen LogP contribution in [0.2, 0.25) is 38.3 Å². The van der Waals surface area contributed by atoms with E-state index >= 15 is 0 Å². The fourth-order valence-corrected chi connectivity index (χ4v) is 39.6. The molecule has 6 aliphatic carbocycles. The summed E-state index contributed by atoms with van der Waals surface area (Å²) in [5, 5.41) is 3.28. The minimum atomic E-state index is -2.01. The number of para-hydroxylation sites is 1. The molecule has 4 unspecified atom stereocenters. The topological polar surface area (TPSA) is 55.4 Å². The maximum atomic E-state index is 6.04. The number of methoxy groups -OCH3 is 3. The van der Waals surface area contributed by atoms with Gasteiger partial charge in [-0.25, -0.2) is 0 Å². The Labute approximate surface area is 962 Å². The molecule has 19 rings (SSSR count). The van der Waals surface area contributed by atoms with Gasteiger partial charge >= 0.3 is 114 Å². The molecule has 6 nitrogen and oxygen atoms in total. The normalized spacial score (nSPS) is 14.9. The van der Waals surface area contributed by atoms with E-state index in [-0.39, 0.29) is 56.3 Å². The predicted octanol–water partition coefficient (Wildman–Crippen LogP) is 40.1. The molecule has 0 N–H and O–H groups in total. The van der Waals surface area contributed by atoms with Crippen molar-refractivity contribution in [2.75, 3.05) is 21.3 Å². The average molecular weight is 2410 g/mol. The third-order valence-electron chi connectivity index (χ3n) is 29.9. The van der Waals surface area contributed by atoms with E-state index in [2.05, 4.69) is 395 Å². The van der Waals surface area contributed by atoms with E-state index < -0.39 is 86.8 Å². The third-order valence-corrected chi connectivity index (χ3v) is 44.7. The number of allylic oxidation sites excluding steroid dienone is 6. The number of hydrogen-bond acceptors (Lipinski definition) is 6. The standard InChI is InChI=1S/C43H42O2Si.C43H50O2Si.C40H44O2Si.6CH3.6ClH.3Zr/c1-29-25-40-36(33-21-17-31(18-22-33)27-44-3)13-9-15-38(40)42(29)46(4,5)43-30(2)26-41-37(14-10-16-39(41)43)34-23-19-32(20-24-34)28-45-35-11-7-6-8-12-35;1-9-46(10-2,41-29(3)25-39-35(13-11-15-37(39)41)33-21-17-31(18-22-33)27-44-8)42-30(4)26-40-36(14-12-16-38(40)42)34-23-19-32(20-24-34)28-45-43(5,6)7;1-26(2)42-25-30-16-20-32(21-17-30)34-11-9-13-36-38(34)23-28(4)40(36)43(6,7)39-27(3)22-37-33(10-8-12-35(37)39)31-18-14-29(15-19-31)24-41-5;;;;;;;;;;;;;;;/h6-24,26,43H,25,27-28H2,1-5H3;11-26,41-42H,9-10,27-28H2,1-8H3;8-21,23,26,40H,22,24-25H2,1-7H3;6*1H3;6*1H;;;/q;;;6*-1;;;;;;;3*+4/p-6.